The van der Waals surface area contributed by atoms with Gasteiger partial charge in [-0.05, 0) is 30.6 Å². The standard InChI is InChI=1S/C16H24N2O3S/c1-10(2)12-5-4-11(3)8-13(12)21-15(20)9-22-16-17-7-6-14(19)18-16/h6-7,10-13H,4-5,8-9H2,1-3H3,(H,17,18,19)/t11-,12-,13+/m1/s1. The van der Waals surface area contributed by atoms with Crippen LogP contribution in [0.1, 0.15) is 40.0 Å². The van der Waals surface area contributed by atoms with Crippen molar-refractivity contribution in [1.82, 2.24) is 9.97 Å². The summed E-state index contributed by atoms with van der Waals surface area (Å²) in [4.78, 5) is 29.9. The molecular formula is C16H24N2O3S. The SMILES string of the molecule is CC(C)[C@H]1CC[C@@H](C)C[C@@H]1OC(=O)CSc1nccc(=O)[nH]1. The Hall–Kier alpha value is -1.30. The van der Waals surface area contributed by atoms with Crippen LogP contribution in [-0.4, -0.2) is 27.8 Å². The third-order valence-corrected chi connectivity index (χ3v) is 5.08. The van der Waals surface area contributed by atoms with E-state index in [1.165, 1.54) is 30.4 Å². The minimum Gasteiger partial charge on any atom is -0.461 e. The Bertz CT molecular complexity index is 558. The third kappa shape index (κ3) is 4.87. The molecule has 0 unspecified atom stereocenters. The second kappa shape index (κ2) is 7.81. The van der Waals surface area contributed by atoms with Crippen molar-refractivity contribution in [3.05, 3.63) is 22.6 Å². The Kier molecular flexibility index (Phi) is 6.06. The molecule has 0 amide bonds. The van der Waals surface area contributed by atoms with Crippen LogP contribution >= 0.6 is 11.8 Å². The number of thioether (sulfide) groups is 1. The number of nitrogens with one attached hydrogen (secondary N) is 1. The number of aromatic nitrogens is 2. The van der Waals surface area contributed by atoms with E-state index in [-0.39, 0.29) is 23.4 Å². The van der Waals surface area contributed by atoms with E-state index in [1.807, 2.05) is 0 Å². The maximum absolute atomic E-state index is 12.1. The fourth-order valence-corrected chi connectivity index (χ4v) is 3.64. The highest BCUT2D eigenvalue weighted by molar-refractivity contribution is 7.99. The summed E-state index contributed by atoms with van der Waals surface area (Å²) in [5.41, 5.74) is -0.216. The van der Waals surface area contributed by atoms with Gasteiger partial charge in [0.1, 0.15) is 6.10 Å². The lowest BCUT2D eigenvalue weighted by Crippen LogP contribution is -2.36. The van der Waals surface area contributed by atoms with Crippen LogP contribution in [0.5, 0.6) is 0 Å². The lowest BCUT2D eigenvalue weighted by atomic mass is 9.75. The molecule has 1 aromatic heterocycles. The maximum atomic E-state index is 12.1. The Morgan fingerprint density at radius 3 is 2.95 bits per heavy atom. The Labute approximate surface area is 135 Å². The summed E-state index contributed by atoms with van der Waals surface area (Å²) in [7, 11) is 0. The van der Waals surface area contributed by atoms with E-state index in [1.54, 1.807) is 0 Å². The van der Waals surface area contributed by atoms with Gasteiger partial charge in [0, 0.05) is 12.3 Å². The van der Waals surface area contributed by atoms with Gasteiger partial charge in [-0.25, -0.2) is 4.98 Å². The predicted octanol–water partition coefficient (Wildman–Crippen LogP) is 2.87. The average molecular weight is 324 g/mol. The lowest BCUT2D eigenvalue weighted by Gasteiger charge is -2.36. The van der Waals surface area contributed by atoms with Crippen molar-refractivity contribution in [3.8, 4) is 0 Å². The molecule has 0 aromatic carbocycles. The van der Waals surface area contributed by atoms with Crippen LogP contribution in [0, 0.1) is 17.8 Å². The third-order valence-electron chi connectivity index (χ3n) is 4.22. The van der Waals surface area contributed by atoms with Crippen LogP contribution in [0.4, 0.5) is 0 Å². The minimum atomic E-state index is -0.235. The summed E-state index contributed by atoms with van der Waals surface area (Å²) in [6.45, 7) is 6.59. The number of aromatic amines is 1. The molecule has 1 saturated carbocycles. The fourth-order valence-electron chi connectivity index (χ4n) is 3.01. The van der Waals surface area contributed by atoms with Gasteiger partial charge in [-0.15, -0.1) is 0 Å². The molecule has 0 saturated heterocycles. The summed E-state index contributed by atoms with van der Waals surface area (Å²) < 4.78 is 5.71. The highest BCUT2D eigenvalue weighted by atomic mass is 32.2. The van der Waals surface area contributed by atoms with Crippen LogP contribution < -0.4 is 5.56 Å². The zero-order chi connectivity index (χ0) is 16.1. The lowest BCUT2D eigenvalue weighted by molar-refractivity contribution is -0.152. The van der Waals surface area contributed by atoms with Crippen LogP contribution in [-0.2, 0) is 9.53 Å². The highest BCUT2D eigenvalue weighted by Gasteiger charge is 2.33. The molecule has 0 aliphatic heterocycles. The van der Waals surface area contributed by atoms with Gasteiger partial charge in [0.25, 0.3) is 5.56 Å². The van der Waals surface area contributed by atoms with Crippen molar-refractivity contribution in [2.24, 2.45) is 17.8 Å². The molecule has 1 aliphatic carbocycles. The van der Waals surface area contributed by atoms with Crippen molar-refractivity contribution in [2.45, 2.75) is 51.3 Å². The van der Waals surface area contributed by atoms with Crippen LogP contribution in [0.3, 0.4) is 0 Å². The van der Waals surface area contributed by atoms with Gasteiger partial charge in [0.15, 0.2) is 5.16 Å². The van der Waals surface area contributed by atoms with E-state index >= 15 is 0 Å². The Morgan fingerprint density at radius 2 is 2.27 bits per heavy atom. The largest absolute Gasteiger partial charge is 0.461 e. The van der Waals surface area contributed by atoms with Gasteiger partial charge in [-0.2, -0.15) is 0 Å². The second-order valence-corrected chi connectivity index (χ2v) is 7.35. The highest BCUT2D eigenvalue weighted by Crippen LogP contribution is 2.35. The van der Waals surface area contributed by atoms with E-state index in [4.69, 9.17) is 4.74 Å². The van der Waals surface area contributed by atoms with Gasteiger partial charge in [0.05, 0.1) is 5.75 Å². The van der Waals surface area contributed by atoms with Crippen LogP contribution in [0.2, 0.25) is 0 Å². The summed E-state index contributed by atoms with van der Waals surface area (Å²) in [6.07, 6.45) is 4.72. The number of carbonyl (C=O) groups excluding carboxylic acids is 1. The number of hydrogen-bond acceptors (Lipinski definition) is 5. The smallest absolute Gasteiger partial charge is 0.316 e. The Balaban J connectivity index is 1.88. The topological polar surface area (TPSA) is 72.0 Å². The van der Waals surface area contributed by atoms with Crippen molar-refractivity contribution >= 4 is 17.7 Å². The average Bonchev–Trinajstić information content (AvgIpc) is 2.45. The number of carbonyl (C=O) groups is 1. The van der Waals surface area contributed by atoms with Crippen molar-refractivity contribution in [2.75, 3.05) is 5.75 Å². The molecule has 1 heterocycles. The summed E-state index contributed by atoms with van der Waals surface area (Å²) in [5.74, 6) is 1.50. The number of rotatable bonds is 5. The number of esters is 1. The number of H-pyrrole nitrogens is 1. The molecule has 1 aliphatic rings. The second-order valence-electron chi connectivity index (χ2n) is 6.38. The maximum Gasteiger partial charge on any atom is 0.316 e. The van der Waals surface area contributed by atoms with Crippen LogP contribution in [0.15, 0.2) is 22.2 Å². The van der Waals surface area contributed by atoms with E-state index in [0.29, 0.717) is 22.9 Å². The molecular weight excluding hydrogens is 300 g/mol. The molecule has 122 valence electrons. The fraction of sp³-hybridized carbons (Fsp3) is 0.688. The molecule has 3 atom stereocenters. The number of ether oxygens (including phenoxy) is 1. The molecule has 0 bridgehead atoms. The van der Waals surface area contributed by atoms with Gasteiger partial charge in [-0.1, -0.05) is 39.0 Å². The first-order valence-corrected chi connectivity index (χ1v) is 8.82. The van der Waals surface area contributed by atoms with Crippen molar-refractivity contribution in [1.29, 1.82) is 0 Å². The molecule has 5 nitrogen and oxygen atoms in total. The first-order valence-electron chi connectivity index (χ1n) is 7.83. The Morgan fingerprint density at radius 1 is 1.50 bits per heavy atom. The summed E-state index contributed by atoms with van der Waals surface area (Å²) in [5, 5.41) is 0.446. The molecule has 22 heavy (non-hydrogen) atoms. The first-order chi connectivity index (χ1) is 10.5. The molecule has 6 heteroatoms. The molecule has 0 radical (unpaired) electrons. The monoisotopic (exact) mass is 324 g/mol. The molecule has 2 rings (SSSR count). The molecule has 1 fully saturated rings. The number of hydrogen-bond donors (Lipinski definition) is 1. The summed E-state index contributed by atoms with van der Waals surface area (Å²) >= 11 is 1.20. The van der Waals surface area contributed by atoms with E-state index in [0.717, 1.165) is 12.8 Å². The number of nitrogens with zero attached hydrogens (tertiary/aromatic N) is 1. The van der Waals surface area contributed by atoms with E-state index in [9.17, 15) is 9.59 Å². The van der Waals surface area contributed by atoms with Gasteiger partial charge in [0.2, 0.25) is 0 Å². The normalized spacial score (nSPS) is 25.2. The molecule has 1 N–H and O–H groups in total. The molecule has 1 aromatic rings. The quantitative estimate of drug-likeness (QED) is 0.512. The van der Waals surface area contributed by atoms with Gasteiger partial charge < -0.3 is 9.72 Å². The zero-order valence-electron chi connectivity index (χ0n) is 13.4. The van der Waals surface area contributed by atoms with Crippen LogP contribution in [0.25, 0.3) is 0 Å². The summed E-state index contributed by atoms with van der Waals surface area (Å²) in [6, 6.07) is 1.35. The van der Waals surface area contributed by atoms with Gasteiger partial charge >= 0.3 is 5.97 Å². The van der Waals surface area contributed by atoms with E-state index < -0.39 is 0 Å². The van der Waals surface area contributed by atoms with Crippen molar-refractivity contribution in [3.63, 3.8) is 0 Å². The minimum absolute atomic E-state index is 0.0135. The van der Waals surface area contributed by atoms with Gasteiger partial charge in [-0.3, -0.25) is 9.59 Å². The molecule has 0 spiro atoms. The van der Waals surface area contributed by atoms with Crippen molar-refractivity contribution < 1.29 is 9.53 Å². The van der Waals surface area contributed by atoms with E-state index in [2.05, 4.69) is 30.7 Å². The first kappa shape index (κ1) is 17.1. The zero-order valence-corrected chi connectivity index (χ0v) is 14.2. The predicted molar refractivity (Wildman–Crippen MR) is 86.8 cm³/mol.